The van der Waals surface area contributed by atoms with Crippen LogP contribution in [0.5, 0.6) is 0 Å². The second kappa shape index (κ2) is 2.63. The van der Waals surface area contributed by atoms with Gasteiger partial charge in [0, 0.05) is 5.57 Å². The third-order valence-corrected chi connectivity index (χ3v) is 2.26. The number of Topliss-reactive ketones (excluding diaryl/α,β-unsaturated/α-hetero) is 5. The standard InChI is InChI=1S/C9H2O6/c10-3-1-2-4(7(13)6(3)12)8(14)9(15)5(2)11/h1,4H. The quantitative estimate of drug-likeness (QED) is 0.334. The molecule has 2 aliphatic carbocycles. The molecule has 6 nitrogen and oxygen atoms in total. The molecule has 0 radical (unpaired) electrons. The van der Waals surface area contributed by atoms with Crippen LogP contribution in [0.1, 0.15) is 0 Å². The molecule has 15 heavy (non-hydrogen) atoms. The Hall–Kier alpha value is -2.24. The second-order valence-corrected chi connectivity index (χ2v) is 3.11. The lowest BCUT2D eigenvalue weighted by molar-refractivity contribution is -0.146. The highest BCUT2D eigenvalue weighted by atomic mass is 16.2. The molecule has 6 heteroatoms. The molecule has 0 bridgehead atoms. The number of ketones is 6. The minimum Gasteiger partial charge on any atom is -0.289 e. The summed E-state index contributed by atoms with van der Waals surface area (Å²) in [7, 11) is 0. The molecule has 1 unspecified atom stereocenters. The van der Waals surface area contributed by atoms with Crippen LogP contribution in [0.15, 0.2) is 11.6 Å². The van der Waals surface area contributed by atoms with Crippen molar-refractivity contribution in [1.82, 2.24) is 0 Å². The van der Waals surface area contributed by atoms with Gasteiger partial charge in [-0.2, -0.15) is 0 Å². The van der Waals surface area contributed by atoms with E-state index in [0.717, 1.165) is 0 Å². The van der Waals surface area contributed by atoms with E-state index in [9.17, 15) is 28.8 Å². The average Bonchev–Trinajstić information content (AvgIpc) is 2.40. The smallest absolute Gasteiger partial charge is 0.269 e. The molecule has 2 rings (SSSR count). The van der Waals surface area contributed by atoms with E-state index in [-0.39, 0.29) is 0 Å². The highest BCUT2D eigenvalue weighted by Gasteiger charge is 2.53. The lowest BCUT2D eigenvalue weighted by Gasteiger charge is -2.09. The van der Waals surface area contributed by atoms with Crippen LogP contribution in [-0.2, 0) is 28.8 Å². The van der Waals surface area contributed by atoms with Crippen molar-refractivity contribution in [2.75, 3.05) is 0 Å². The SMILES string of the molecule is O=C1C=C2C(=O)C(=O)C(=O)C2C(=O)C1=O. The van der Waals surface area contributed by atoms with E-state index in [1.807, 2.05) is 0 Å². The second-order valence-electron chi connectivity index (χ2n) is 3.11. The summed E-state index contributed by atoms with van der Waals surface area (Å²) < 4.78 is 0. The summed E-state index contributed by atoms with van der Waals surface area (Å²) in [5.41, 5.74) is -0.473. The Bertz CT molecular complexity index is 505. The molecule has 0 spiro atoms. The van der Waals surface area contributed by atoms with Crippen molar-refractivity contribution in [2.24, 2.45) is 5.92 Å². The van der Waals surface area contributed by atoms with Crippen LogP contribution in [-0.4, -0.2) is 34.7 Å². The molecule has 1 saturated carbocycles. The predicted octanol–water partition coefficient (Wildman–Crippen LogP) is -2.03. The molecule has 0 amide bonds. The third-order valence-electron chi connectivity index (χ3n) is 2.26. The number of hydrogen-bond acceptors (Lipinski definition) is 6. The molecule has 0 N–H and O–H groups in total. The van der Waals surface area contributed by atoms with Crippen LogP contribution >= 0.6 is 0 Å². The third kappa shape index (κ3) is 0.983. The van der Waals surface area contributed by atoms with Crippen molar-refractivity contribution < 1.29 is 28.8 Å². The Balaban J connectivity index is 2.67. The van der Waals surface area contributed by atoms with Gasteiger partial charge in [0.1, 0.15) is 5.92 Å². The van der Waals surface area contributed by atoms with Crippen molar-refractivity contribution in [1.29, 1.82) is 0 Å². The maximum Gasteiger partial charge on any atom is 0.269 e. The van der Waals surface area contributed by atoms with Gasteiger partial charge in [-0.3, -0.25) is 28.8 Å². The highest BCUT2D eigenvalue weighted by molar-refractivity contribution is 6.80. The minimum atomic E-state index is -1.67. The fourth-order valence-electron chi connectivity index (χ4n) is 1.51. The fourth-order valence-corrected chi connectivity index (χ4v) is 1.51. The first kappa shape index (κ1) is 9.32. The molecule has 0 saturated heterocycles. The van der Waals surface area contributed by atoms with Crippen molar-refractivity contribution in [3.63, 3.8) is 0 Å². The van der Waals surface area contributed by atoms with Crippen molar-refractivity contribution >= 4 is 34.7 Å². The van der Waals surface area contributed by atoms with Gasteiger partial charge >= 0.3 is 0 Å². The Morgan fingerprint density at radius 1 is 0.733 bits per heavy atom. The predicted molar refractivity (Wildman–Crippen MR) is 41.6 cm³/mol. The summed E-state index contributed by atoms with van der Waals surface area (Å²) in [6.07, 6.45) is 0.597. The van der Waals surface area contributed by atoms with Gasteiger partial charge < -0.3 is 0 Å². The summed E-state index contributed by atoms with van der Waals surface area (Å²) in [5.74, 6) is -9.22. The number of hydrogen-bond donors (Lipinski definition) is 0. The van der Waals surface area contributed by atoms with Gasteiger partial charge in [0.05, 0.1) is 0 Å². The molecular formula is C9H2O6. The molecule has 0 aromatic carbocycles. The van der Waals surface area contributed by atoms with Crippen LogP contribution in [0.25, 0.3) is 0 Å². The number of rotatable bonds is 0. The number of carbonyl (C=O) groups is 6. The molecular weight excluding hydrogens is 204 g/mol. The first-order chi connectivity index (χ1) is 6.95. The maximum absolute atomic E-state index is 11.2. The largest absolute Gasteiger partial charge is 0.289 e. The van der Waals surface area contributed by atoms with Crippen molar-refractivity contribution in [2.45, 2.75) is 0 Å². The van der Waals surface area contributed by atoms with E-state index in [1.54, 1.807) is 0 Å². The van der Waals surface area contributed by atoms with Gasteiger partial charge in [0.2, 0.25) is 23.1 Å². The summed E-state index contributed by atoms with van der Waals surface area (Å²) >= 11 is 0. The summed E-state index contributed by atoms with van der Waals surface area (Å²) in [5, 5.41) is 0. The van der Waals surface area contributed by atoms with E-state index in [1.165, 1.54) is 0 Å². The van der Waals surface area contributed by atoms with Gasteiger partial charge in [-0.05, 0) is 6.08 Å². The van der Waals surface area contributed by atoms with Crippen LogP contribution < -0.4 is 0 Å². The lowest BCUT2D eigenvalue weighted by Crippen LogP contribution is -2.37. The van der Waals surface area contributed by atoms with E-state index >= 15 is 0 Å². The average molecular weight is 206 g/mol. The molecule has 74 valence electrons. The van der Waals surface area contributed by atoms with Crippen LogP contribution in [0.2, 0.25) is 0 Å². The number of allylic oxidation sites excluding steroid dienone is 2. The normalized spacial score (nSPS) is 25.9. The van der Waals surface area contributed by atoms with E-state index in [2.05, 4.69) is 0 Å². The van der Waals surface area contributed by atoms with Gasteiger partial charge in [-0.15, -0.1) is 0 Å². The van der Waals surface area contributed by atoms with Crippen LogP contribution in [0.4, 0.5) is 0 Å². The highest BCUT2D eigenvalue weighted by Crippen LogP contribution is 2.27. The molecule has 1 fully saturated rings. The Morgan fingerprint density at radius 3 is 1.87 bits per heavy atom. The Kier molecular flexibility index (Phi) is 1.63. The number of fused-ring (bicyclic) bond motifs is 1. The van der Waals surface area contributed by atoms with E-state index in [0.29, 0.717) is 6.08 Å². The van der Waals surface area contributed by atoms with Gasteiger partial charge in [-0.25, -0.2) is 0 Å². The van der Waals surface area contributed by atoms with Gasteiger partial charge in [0.25, 0.3) is 11.6 Å². The molecule has 1 atom stereocenters. The fraction of sp³-hybridized carbons (Fsp3) is 0.111. The topological polar surface area (TPSA) is 102 Å². The summed E-state index contributed by atoms with van der Waals surface area (Å²) in [6, 6.07) is 0. The zero-order chi connectivity index (χ0) is 11.3. The molecule has 0 heterocycles. The molecule has 0 aliphatic heterocycles. The van der Waals surface area contributed by atoms with E-state index in [4.69, 9.17) is 0 Å². The summed E-state index contributed by atoms with van der Waals surface area (Å²) in [4.78, 5) is 66.1. The maximum atomic E-state index is 11.2. The molecule has 2 aliphatic rings. The lowest BCUT2D eigenvalue weighted by atomic mass is 9.87. The zero-order valence-corrected chi connectivity index (χ0v) is 7.10. The van der Waals surface area contributed by atoms with Crippen molar-refractivity contribution in [3.05, 3.63) is 11.6 Å². The number of carbonyl (C=O) groups excluding carboxylic acids is 6. The van der Waals surface area contributed by atoms with Gasteiger partial charge in [-0.1, -0.05) is 0 Å². The first-order valence-corrected chi connectivity index (χ1v) is 3.92. The van der Waals surface area contributed by atoms with Crippen LogP contribution in [0, 0.1) is 5.92 Å². The first-order valence-electron chi connectivity index (χ1n) is 3.92. The van der Waals surface area contributed by atoms with E-state index < -0.39 is 46.2 Å². The Labute approximate surface area is 81.9 Å². The zero-order valence-electron chi connectivity index (χ0n) is 7.10. The molecule has 0 aromatic heterocycles. The van der Waals surface area contributed by atoms with Gasteiger partial charge in [0.15, 0.2) is 0 Å². The molecule has 0 aromatic rings. The monoisotopic (exact) mass is 206 g/mol. The van der Waals surface area contributed by atoms with Crippen molar-refractivity contribution in [3.8, 4) is 0 Å². The minimum absolute atomic E-state index is 0.473. The summed E-state index contributed by atoms with van der Waals surface area (Å²) in [6.45, 7) is 0. The van der Waals surface area contributed by atoms with Crippen LogP contribution in [0.3, 0.4) is 0 Å². The Morgan fingerprint density at radius 2 is 1.27 bits per heavy atom.